The van der Waals surface area contributed by atoms with E-state index in [0.717, 1.165) is 70.6 Å². The first kappa shape index (κ1) is 48.3. The predicted molar refractivity (Wildman–Crippen MR) is 216 cm³/mol. The maximum atomic E-state index is 12.7. The largest absolute Gasteiger partial charge is 0.480 e. The van der Waals surface area contributed by atoms with Gasteiger partial charge in [0.05, 0.1) is 0 Å². The zero-order valence-electron chi connectivity index (χ0n) is 32.9. The van der Waals surface area contributed by atoms with Gasteiger partial charge in [-0.3, -0.25) is 9.59 Å². The molecular weight excluding hydrogens is 636 g/mol. The van der Waals surface area contributed by atoms with Crippen molar-refractivity contribution in [2.45, 2.75) is 206 Å². The minimum atomic E-state index is -1.02. The first-order chi connectivity index (χ1) is 24.9. The molecular formula is C44H78N2O5. The van der Waals surface area contributed by atoms with Crippen LogP contribution in [0.3, 0.4) is 0 Å². The average molecular weight is 715 g/mol. The summed E-state index contributed by atoms with van der Waals surface area (Å²) in [6.45, 7) is 4.87. The molecule has 0 aromatic carbocycles. The molecule has 1 amide bonds. The maximum Gasteiger partial charge on any atom is 0.326 e. The number of carboxylic acid groups (broad SMARTS) is 1. The van der Waals surface area contributed by atoms with E-state index in [1.165, 1.54) is 77.0 Å². The van der Waals surface area contributed by atoms with Crippen LogP contribution in [-0.2, 0) is 19.1 Å². The zero-order valence-corrected chi connectivity index (χ0v) is 32.9. The van der Waals surface area contributed by atoms with Crippen molar-refractivity contribution in [1.29, 1.82) is 0 Å². The number of esters is 1. The molecule has 4 N–H and O–H groups in total. The molecule has 0 aliphatic rings. The molecule has 0 fully saturated rings. The van der Waals surface area contributed by atoms with Gasteiger partial charge in [0.1, 0.15) is 12.1 Å². The standard InChI is InChI=1S/C44H78N2O5/c1-3-5-7-9-11-12-13-14-15-16-17-18-19-20-21-22-24-26-32-38-43(48)51-40(34-29-25-23-10-8-6-4-2)35-30-27-28-31-37-42(47)46-41(44(49)50)36-33-39-45/h11-12,14-15,17-18,29,34,40-41H,3-10,13,16,19-28,30-33,35-39,45H2,1-2H3,(H,46,47)(H,49,50)/b12-11-,15-14-,18-17-,34-29-. The second-order valence-corrected chi connectivity index (χ2v) is 14.0. The van der Waals surface area contributed by atoms with Gasteiger partial charge in [-0.25, -0.2) is 4.79 Å². The van der Waals surface area contributed by atoms with Crippen LogP contribution in [0.5, 0.6) is 0 Å². The van der Waals surface area contributed by atoms with E-state index in [4.69, 9.17) is 10.5 Å². The summed E-state index contributed by atoms with van der Waals surface area (Å²) in [5, 5.41) is 11.9. The molecule has 7 nitrogen and oxygen atoms in total. The van der Waals surface area contributed by atoms with Crippen molar-refractivity contribution in [2.75, 3.05) is 6.54 Å². The topological polar surface area (TPSA) is 119 Å². The number of amides is 1. The molecule has 7 heteroatoms. The van der Waals surface area contributed by atoms with Gasteiger partial charge in [-0.1, -0.05) is 133 Å². The highest BCUT2D eigenvalue weighted by Gasteiger charge is 2.19. The van der Waals surface area contributed by atoms with E-state index in [-0.39, 0.29) is 18.0 Å². The van der Waals surface area contributed by atoms with Crippen molar-refractivity contribution >= 4 is 17.8 Å². The minimum absolute atomic E-state index is 0.103. The summed E-state index contributed by atoms with van der Waals surface area (Å²) in [6, 6.07) is -0.872. The monoisotopic (exact) mass is 715 g/mol. The van der Waals surface area contributed by atoms with Crippen molar-refractivity contribution in [3.63, 3.8) is 0 Å². The third kappa shape index (κ3) is 35.5. The zero-order chi connectivity index (χ0) is 37.5. The van der Waals surface area contributed by atoms with Gasteiger partial charge < -0.3 is 20.9 Å². The highest BCUT2D eigenvalue weighted by atomic mass is 16.5. The predicted octanol–water partition coefficient (Wildman–Crippen LogP) is 11.6. The van der Waals surface area contributed by atoms with E-state index in [2.05, 4.69) is 67.8 Å². The van der Waals surface area contributed by atoms with Gasteiger partial charge in [-0.05, 0) is 103 Å². The van der Waals surface area contributed by atoms with Crippen LogP contribution in [0.4, 0.5) is 0 Å². The average Bonchev–Trinajstić information content (AvgIpc) is 3.11. The Balaban J connectivity index is 4.23. The molecule has 0 saturated carbocycles. The Morgan fingerprint density at radius 1 is 0.588 bits per heavy atom. The number of hydrogen-bond donors (Lipinski definition) is 3. The van der Waals surface area contributed by atoms with Crippen molar-refractivity contribution < 1.29 is 24.2 Å². The number of carboxylic acids is 1. The Kier molecular flexibility index (Phi) is 36.5. The Morgan fingerprint density at radius 2 is 1.08 bits per heavy atom. The molecule has 2 atom stereocenters. The van der Waals surface area contributed by atoms with E-state index >= 15 is 0 Å². The first-order valence-electron chi connectivity index (χ1n) is 21.0. The van der Waals surface area contributed by atoms with Crippen molar-refractivity contribution in [3.8, 4) is 0 Å². The van der Waals surface area contributed by atoms with Crippen molar-refractivity contribution in [1.82, 2.24) is 5.32 Å². The molecule has 0 spiro atoms. The summed E-state index contributed by atoms with van der Waals surface area (Å²) in [5.74, 6) is -1.35. The number of nitrogens with one attached hydrogen (secondary N) is 1. The molecule has 0 rings (SSSR count). The summed E-state index contributed by atoms with van der Waals surface area (Å²) in [5.41, 5.74) is 5.47. The SMILES string of the molecule is CCCCC/C=C\C/C=C\C/C=C\CCCCCCCCC(=O)OC(/C=C\CCCCCCC)CCCCCCC(=O)NC(CCCN)C(=O)O. The fourth-order valence-corrected chi connectivity index (χ4v) is 5.89. The molecule has 0 heterocycles. The van der Waals surface area contributed by atoms with Crippen LogP contribution in [-0.4, -0.2) is 41.6 Å². The Hall–Kier alpha value is -2.67. The molecule has 0 aliphatic carbocycles. The van der Waals surface area contributed by atoms with Crippen LogP contribution in [0.25, 0.3) is 0 Å². The van der Waals surface area contributed by atoms with Crippen LogP contribution in [0, 0.1) is 0 Å². The van der Waals surface area contributed by atoms with Crippen LogP contribution >= 0.6 is 0 Å². The van der Waals surface area contributed by atoms with Crippen LogP contribution < -0.4 is 11.1 Å². The van der Waals surface area contributed by atoms with Gasteiger partial charge >= 0.3 is 11.9 Å². The molecule has 0 saturated heterocycles. The Bertz CT molecular complexity index is 942. The molecule has 294 valence electrons. The van der Waals surface area contributed by atoms with Gasteiger partial charge in [-0.2, -0.15) is 0 Å². The lowest BCUT2D eigenvalue weighted by Crippen LogP contribution is -2.40. The Labute approximate surface area is 313 Å². The normalized spacial score (nSPS) is 13.2. The number of hydrogen-bond acceptors (Lipinski definition) is 5. The quantitative estimate of drug-likeness (QED) is 0.0335. The number of aliphatic carboxylic acids is 1. The van der Waals surface area contributed by atoms with Gasteiger partial charge in [0.2, 0.25) is 5.91 Å². The number of carbonyl (C=O) groups is 3. The number of ether oxygens (including phenoxy) is 1. The fourth-order valence-electron chi connectivity index (χ4n) is 5.89. The third-order valence-corrected chi connectivity index (χ3v) is 9.10. The molecule has 0 aromatic rings. The highest BCUT2D eigenvalue weighted by molar-refractivity contribution is 5.83. The second-order valence-electron chi connectivity index (χ2n) is 14.0. The number of rotatable bonds is 37. The van der Waals surface area contributed by atoms with Crippen LogP contribution in [0.1, 0.15) is 194 Å². The summed E-state index contributed by atoms with van der Waals surface area (Å²) in [6.07, 6.45) is 46.0. The van der Waals surface area contributed by atoms with E-state index < -0.39 is 12.0 Å². The first-order valence-corrected chi connectivity index (χ1v) is 21.0. The van der Waals surface area contributed by atoms with Crippen molar-refractivity contribution in [3.05, 3.63) is 48.6 Å². The summed E-state index contributed by atoms with van der Waals surface area (Å²) < 4.78 is 5.91. The molecule has 0 radical (unpaired) electrons. The lowest BCUT2D eigenvalue weighted by Gasteiger charge is -2.15. The van der Waals surface area contributed by atoms with E-state index in [0.29, 0.717) is 38.6 Å². The smallest absolute Gasteiger partial charge is 0.326 e. The molecule has 0 aromatic heterocycles. The number of nitrogens with two attached hydrogens (primary N) is 1. The van der Waals surface area contributed by atoms with Gasteiger partial charge in [0.15, 0.2) is 0 Å². The van der Waals surface area contributed by atoms with Gasteiger partial charge in [-0.15, -0.1) is 0 Å². The summed E-state index contributed by atoms with van der Waals surface area (Å²) in [7, 11) is 0. The van der Waals surface area contributed by atoms with E-state index in [1.54, 1.807) is 0 Å². The number of carbonyl (C=O) groups excluding carboxylic acids is 2. The van der Waals surface area contributed by atoms with Crippen LogP contribution in [0.2, 0.25) is 0 Å². The summed E-state index contributed by atoms with van der Waals surface area (Å²) in [4.78, 5) is 36.2. The van der Waals surface area contributed by atoms with E-state index in [1.807, 2.05) is 0 Å². The third-order valence-electron chi connectivity index (χ3n) is 9.10. The molecule has 0 bridgehead atoms. The number of allylic oxidation sites excluding steroid dienone is 7. The van der Waals surface area contributed by atoms with Crippen molar-refractivity contribution in [2.24, 2.45) is 5.73 Å². The van der Waals surface area contributed by atoms with E-state index in [9.17, 15) is 19.5 Å². The lowest BCUT2D eigenvalue weighted by molar-refractivity contribution is -0.147. The lowest BCUT2D eigenvalue weighted by atomic mass is 10.1. The molecule has 0 aliphatic heterocycles. The fraction of sp³-hybridized carbons (Fsp3) is 0.750. The minimum Gasteiger partial charge on any atom is -0.480 e. The summed E-state index contributed by atoms with van der Waals surface area (Å²) >= 11 is 0. The highest BCUT2D eigenvalue weighted by Crippen LogP contribution is 2.15. The molecule has 51 heavy (non-hydrogen) atoms. The van der Waals surface area contributed by atoms with Crippen LogP contribution in [0.15, 0.2) is 48.6 Å². The second kappa shape index (κ2) is 38.6. The van der Waals surface area contributed by atoms with Gasteiger partial charge in [0, 0.05) is 12.8 Å². The maximum absolute atomic E-state index is 12.7. The molecule has 2 unspecified atom stereocenters. The van der Waals surface area contributed by atoms with Gasteiger partial charge in [0.25, 0.3) is 0 Å². The number of unbranched alkanes of at least 4 members (excludes halogenated alkanes) is 17. The Morgan fingerprint density at radius 3 is 1.69 bits per heavy atom.